The summed E-state index contributed by atoms with van der Waals surface area (Å²) in [6.45, 7) is 4.12. The monoisotopic (exact) mass is 413 g/mol. The minimum Gasteiger partial charge on any atom is -0.493 e. The van der Waals surface area contributed by atoms with Crippen molar-refractivity contribution in [1.29, 1.82) is 5.26 Å². The Balaban J connectivity index is 1.61. The lowest BCUT2D eigenvalue weighted by Crippen LogP contribution is -2.06. The minimum absolute atomic E-state index is 0.306. The minimum atomic E-state index is -0.422. The maximum absolute atomic E-state index is 11.0. The van der Waals surface area contributed by atoms with Gasteiger partial charge in [-0.3, -0.25) is 0 Å². The Kier molecular flexibility index (Phi) is 7.55. The number of benzene rings is 3. The molecule has 0 heterocycles. The highest BCUT2D eigenvalue weighted by molar-refractivity contribution is 8.03. The third-order valence-corrected chi connectivity index (χ3v) is 4.75. The third-order valence-electron chi connectivity index (χ3n) is 4.15. The zero-order valence-corrected chi connectivity index (χ0v) is 17.1. The molecule has 0 saturated carbocycles. The number of hydrogen-bond acceptors (Lipinski definition) is 5. The predicted octanol–water partition coefficient (Wildman–Crippen LogP) is 5.31. The molecule has 0 aromatic heterocycles. The molecule has 0 N–H and O–H groups in total. The van der Waals surface area contributed by atoms with Crippen LogP contribution in [0.4, 0.5) is 0 Å². The number of fused-ring (bicyclic) bond motifs is 1. The summed E-state index contributed by atoms with van der Waals surface area (Å²) in [6, 6.07) is 19.5. The molecule has 4 nitrogen and oxygen atoms in total. The van der Waals surface area contributed by atoms with Gasteiger partial charge in [-0.25, -0.2) is 4.79 Å². The molecule has 0 amide bonds. The number of nitrogens with zero attached hydrogens (tertiary/aromatic N) is 1. The molecule has 3 rings (SSSR count). The summed E-state index contributed by atoms with van der Waals surface area (Å²) in [7, 11) is 0. The van der Waals surface area contributed by atoms with E-state index >= 15 is 0 Å². The second kappa shape index (κ2) is 10.8. The maximum Gasteiger partial charge on any atom is 0.330 e. The lowest BCUT2D eigenvalue weighted by Gasteiger charge is -2.08. The molecule has 0 unspecified atom stereocenters. The Bertz CT molecular complexity index is 1150. The summed E-state index contributed by atoms with van der Waals surface area (Å²) in [5.74, 6) is 6.68. The van der Waals surface area contributed by atoms with E-state index in [1.165, 1.54) is 0 Å². The molecule has 148 valence electrons. The molecule has 30 heavy (non-hydrogen) atoms. The average Bonchev–Trinajstić information content (AvgIpc) is 2.78. The van der Waals surface area contributed by atoms with E-state index in [1.54, 1.807) is 0 Å². The first-order valence-electron chi connectivity index (χ1n) is 9.32. The van der Waals surface area contributed by atoms with Crippen molar-refractivity contribution in [3.63, 3.8) is 0 Å². The number of carbonyl (C=O) groups is 1. The van der Waals surface area contributed by atoms with Gasteiger partial charge in [-0.05, 0) is 71.1 Å². The van der Waals surface area contributed by atoms with Gasteiger partial charge in [0.15, 0.2) is 0 Å². The zero-order valence-electron chi connectivity index (χ0n) is 16.3. The molecule has 0 fully saturated rings. The van der Waals surface area contributed by atoms with Crippen LogP contribution in [0.3, 0.4) is 0 Å². The second-order valence-electron chi connectivity index (χ2n) is 6.27. The fourth-order valence-electron chi connectivity index (χ4n) is 2.68. The van der Waals surface area contributed by atoms with Crippen LogP contribution >= 0.6 is 11.8 Å². The first kappa shape index (κ1) is 21.0. The van der Waals surface area contributed by atoms with Crippen LogP contribution in [0.1, 0.15) is 17.5 Å². The lowest BCUT2D eigenvalue weighted by molar-refractivity contribution is -0.137. The van der Waals surface area contributed by atoms with Gasteiger partial charge >= 0.3 is 5.97 Å². The number of thiocyanates is 1. The van der Waals surface area contributed by atoms with Crippen LogP contribution < -0.4 is 4.74 Å². The normalized spacial score (nSPS) is 9.83. The molecule has 0 aliphatic carbocycles. The van der Waals surface area contributed by atoms with Crippen LogP contribution in [0.2, 0.25) is 0 Å². The van der Waals surface area contributed by atoms with Crippen molar-refractivity contribution in [3.8, 4) is 23.0 Å². The first-order chi connectivity index (χ1) is 14.7. The summed E-state index contributed by atoms with van der Waals surface area (Å²) in [6.07, 6.45) is 1.76. The number of thioether (sulfide) groups is 1. The van der Waals surface area contributed by atoms with E-state index in [1.807, 2.05) is 60.7 Å². The molecule has 0 atom stereocenters. The van der Waals surface area contributed by atoms with Crippen LogP contribution in [0.5, 0.6) is 5.75 Å². The third kappa shape index (κ3) is 6.17. The van der Waals surface area contributed by atoms with Gasteiger partial charge in [0.25, 0.3) is 0 Å². The van der Waals surface area contributed by atoms with Gasteiger partial charge in [-0.15, -0.1) is 0 Å². The smallest absolute Gasteiger partial charge is 0.330 e. The highest BCUT2D eigenvalue weighted by Gasteiger charge is 2.00. The van der Waals surface area contributed by atoms with Crippen molar-refractivity contribution < 1.29 is 14.3 Å². The SMILES string of the molecule is C=CC(=O)OCCCOc1ccc2cc(C#Cc3ccc(SC#N)cc3)ccc2c1. The van der Waals surface area contributed by atoms with E-state index in [0.29, 0.717) is 19.6 Å². The fourth-order valence-corrected chi connectivity index (χ4v) is 3.05. The Morgan fingerprint density at radius 2 is 1.67 bits per heavy atom. The van der Waals surface area contributed by atoms with Crippen molar-refractivity contribution in [2.45, 2.75) is 11.3 Å². The largest absolute Gasteiger partial charge is 0.493 e. The van der Waals surface area contributed by atoms with Crippen LogP contribution in [-0.2, 0) is 9.53 Å². The molecular weight excluding hydrogens is 394 g/mol. The Hall–Kier alpha value is -3.67. The fraction of sp³-hybridized carbons (Fsp3) is 0.120. The summed E-state index contributed by atoms with van der Waals surface area (Å²) < 4.78 is 10.6. The Morgan fingerprint density at radius 3 is 2.43 bits per heavy atom. The van der Waals surface area contributed by atoms with Crippen molar-refractivity contribution in [2.24, 2.45) is 0 Å². The van der Waals surface area contributed by atoms with E-state index in [2.05, 4.69) is 23.8 Å². The summed E-state index contributed by atoms with van der Waals surface area (Å²) in [4.78, 5) is 11.9. The van der Waals surface area contributed by atoms with Gasteiger partial charge in [-0.2, -0.15) is 5.26 Å². The van der Waals surface area contributed by atoms with E-state index in [0.717, 1.165) is 50.4 Å². The van der Waals surface area contributed by atoms with Gasteiger partial charge in [0, 0.05) is 28.5 Å². The highest BCUT2D eigenvalue weighted by atomic mass is 32.2. The molecule has 0 spiro atoms. The van der Waals surface area contributed by atoms with Crippen LogP contribution in [0.25, 0.3) is 10.8 Å². The summed E-state index contributed by atoms with van der Waals surface area (Å²) in [5.41, 5.74) is 1.83. The molecule has 5 heteroatoms. The van der Waals surface area contributed by atoms with Gasteiger partial charge in [0.2, 0.25) is 0 Å². The highest BCUT2D eigenvalue weighted by Crippen LogP contribution is 2.22. The van der Waals surface area contributed by atoms with E-state index in [9.17, 15) is 4.79 Å². The molecule has 0 saturated heterocycles. The van der Waals surface area contributed by atoms with E-state index < -0.39 is 5.97 Å². The molecule has 3 aromatic carbocycles. The summed E-state index contributed by atoms with van der Waals surface area (Å²) >= 11 is 1.13. The molecule has 0 aliphatic rings. The van der Waals surface area contributed by atoms with Gasteiger partial charge in [0.1, 0.15) is 11.2 Å². The summed E-state index contributed by atoms with van der Waals surface area (Å²) in [5, 5.41) is 12.9. The number of nitriles is 1. The lowest BCUT2D eigenvalue weighted by atomic mass is 10.1. The number of ether oxygens (including phenoxy) is 2. The van der Waals surface area contributed by atoms with Gasteiger partial charge < -0.3 is 9.47 Å². The molecular formula is C25H19NO3S. The molecule has 0 aliphatic heterocycles. The topological polar surface area (TPSA) is 59.3 Å². The number of rotatable bonds is 7. The van der Waals surface area contributed by atoms with E-state index in [-0.39, 0.29) is 0 Å². The maximum atomic E-state index is 11.0. The quantitative estimate of drug-likeness (QED) is 0.131. The first-order valence-corrected chi connectivity index (χ1v) is 10.1. The average molecular weight is 413 g/mol. The Morgan fingerprint density at radius 1 is 0.967 bits per heavy atom. The van der Waals surface area contributed by atoms with Crippen LogP contribution in [-0.4, -0.2) is 19.2 Å². The van der Waals surface area contributed by atoms with Crippen molar-refractivity contribution in [1.82, 2.24) is 0 Å². The van der Waals surface area contributed by atoms with Crippen molar-refractivity contribution >= 4 is 28.5 Å². The Labute approximate surface area is 180 Å². The molecule has 0 bridgehead atoms. The van der Waals surface area contributed by atoms with Crippen molar-refractivity contribution in [3.05, 3.63) is 84.4 Å². The molecule has 0 radical (unpaired) electrons. The predicted molar refractivity (Wildman–Crippen MR) is 119 cm³/mol. The zero-order chi connectivity index (χ0) is 21.2. The number of esters is 1. The van der Waals surface area contributed by atoms with Crippen molar-refractivity contribution in [2.75, 3.05) is 13.2 Å². The number of hydrogen-bond donors (Lipinski definition) is 0. The van der Waals surface area contributed by atoms with E-state index in [4.69, 9.17) is 14.7 Å². The number of carbonyl (C=O) groups excluding carboxylic acids is 1. The standard InChI is InChI=1S/C25H19NO3S/c1-2-25(27)29-15-3-14-28-23-11-10-21-16-20(6-9-22(21)17-23)5-4-19-7-12-24(13-8-19)30-18-26/h2,6-13,16-17H,1,3,14-15H2. The van der Waals surface area contributed by atoms with Crippen LogP contribution in [0, 0.1) is 22.5 Å². The second-order valence-corrected chi connectivity index (χ2v) is 7.12. The molecule has 3 aromatic rings. The van der Waals surface area contributed by atoms with Gasteiger partial charge in [-0.1, -0.05) is 30.6 Å². The van der Waals surface area contributed by atoms with Gasteiger partial charge in [0.05, 0.1) is 13.2 Å². The van der Waals surface area contributed by atoms with Crippen LogP contribution in [0.15, 0.2) is 78.2 Å².